The first kappa shape index (κ1) is 23.4. The molecule has 24 heavy (non-hydrogen) atoms. The lowest BCUT2D eigenvalue weighted by Gasteiger charge is -2.02. The molecule has 1 aliphatic rings. The van der Waals surface area contributed by atoms with Gasteiger partial charge in [-0.1, -0.05) is 103 Å². The molecule has 0 spiro atoms. The van der Waals surface area contributed by atoms with Crippen LogP contribution in [0.1, 0.15) is 70.6 Å². The Balaban J connectivity index is 2.15. The van der Waals surface area contributed by atoms with Gasteiger partial charge >= 0.3 is 0 Å². The van der Waals surface area contributed by atoms with Crippen molar-refractivity contribution in [1.29, 1.82) is 0 Å². The second-order valence-electron chi connectivity index (χ2n) is 5.66. The molecule has 0 amide bonds. The number of rotatable bonds is 0. The second-order valence-corrected chi connectivity index (χ2v) is 15.1. The summed E-state index contributed by atoms with van der Waals surface area (Å²) in [7, 11) is 11.3. The highest BCUT2D eigenvalue weighted by Gasteiger charge is 1.96. The zero-order valence-electron chi connectivity index (χ0n) is 14.4. The molecule has 0 fully saturated rings. The van der Waals surface area contributed by atoms with Crippen molar-refractivity contribution in [2.24, 2.45) is 0 Å². The molecule has 0 aliphatic carbocycles. The SMILES string of the molecule is C1=C/C=C/CCCCCCCCCCCCSSSSSSC=C1. The van der Waals surface area contributed by atoms with E-state index in [1.165, 1.54) is 76.4 Å². The van der Waals surface area contributed by atoms with E-state index in [0.717, 1.165) is 0 Å². The van der Waals surface area contributed by atoms with Gasteiger partial charge in [-0.3, -0.25) is 0 Å². The molecule has 0 aromatic rings. The van der Waals surface area contributed by atoms with Crippen LogP contribution < -0.4 is 0 Å². The lowest BCUT2D eigenvalue weighted by molar-refractivity contribution is 0.558. The van der Waals surface area contributed by atoms with Crippen LogP contribution in [0.2, 0.25) is 0 Å². The fourth-order valence-corrected chi connectivity index (χ4v) is 13.2. The molecule has 0 saturated heterocycles. The Bertz CT molecular complexity index is 308. The van der Waals surface area contributed by atoms with Crippen molar-refractivity contribution < 1.29 is 0 Å². The molecule has 1 rings (SSSR count). The highest BCUT2D eigenvalue weighted by atomic mass is 33.9. The van der Waals surface area contributed by atoms with E-state index in [1.807, 2.05) is 50.1 Å². The Morgan fingerprint density at radius 3 is 1.92 bits per heavy atom. The molecule has 0 N–H and O–H groups in total. The second kappa shape index (κ2) is 20.6. The molecule has 0 unspecified atom stereocenters. The van der Waals surface area contributed by atoms with Gasteiger partial charge in [0.25, 0.3) is 0 Å². The molecule has 6 heteroatoms. The van der Waals surface area contributed by atoms with Crippen molar-refractivity contribution in [1.82, 2.24) is 0 Å². The zero-order chi connectivity index (χ0) is 17.0. The van der Waals surface area contributed by atoms with E-state index in [2.05, 4.69) is 35.8 Å². The van der Waals surface area contributed by atoms with Gasteiger partial charge < -0.3 is 0 Å². The summed E-state index contributed by atoms with van der Waals surface area (Å²) in [6.07, 6.45) is 26.2. The maximum absolute atomic E-state index is 2.30. The molecule has 138 valence electrons. The van der Waals surface area contributed by atoms with Crippen LogP contribution in [0.3, 0.4) is 0 Å². The van der Waals surface area contributed by atoms with E-state index < -0.39 is 0 Å². The number of allylic oxidation sites excluding steroid dienone is 5. The van der Waals surface area contributed by atoms with Gasteiger partial charge in [-0.25, -0.2) is 0 Å². The lowest BCUT2D eigenvalue weighted by atomic mass is 10.1. The van der Waals surface area contributed by atoms with Gasteiger partial charge in [0, 0.05) is 5.75 Å². The van der Waals surface area contributed by atoms with Crippen LogP contribution >= 0.6 is 60.9 Å². The van der Waals surface area contributed by atoms with E-state index in [0.29, 0.717) is 0 Å². The van der Waals surface area contributed by atoms with E-state index in [-0.39, 0.29) is 0 Å². The van der Waals surface area contributed by atoms with Gasteiger partial charge in [0.2, 0.25) is 0 Å². The Hall–Kier alpha value is 1.32. The number of hydrogen-bond acceptors (Lipinski definition) is 6. The van der Waals surface area contributed by atoms with Gasteiger partial charge in [0.15, 0.2) is 0 Å². The van der Waals surface area contributed by atoms with Crippen LogP contribution in [0.5, 0.6) is 0 Å². The maximum Gasteiger partial charge on any atom is 0.00454 e. The fourth-order valence-electron chi connectivity index (χ4n) is 2.33. The summed E-state index contributed by atoms with van der Waals surface area (Å²) in [6.45, 7) is 0. The third-order valence-corrected chi connectivity index (χ3v) is 14.1. The van der Waals surface area contributed by atoms with Crippen molar-refractivity contribution in [2.75, 3.05) is 5.75 Å². The highest BCUT2D eigenvalue weighted by Crippen LogP contribution is 2.52. The van der Waals surface area contributed by atoms with Crippen LogP contribution in [-0.4, -0.2) is 5.75 Å². The molecule has 0 bridgehead atoms. The van der Waals surface area contributed by atoms with Crippen molar-refractivity contribution in [2.45, 2.75) is 70.6 Å². The molecular weight excluding hydrogens is 409 g/mol. The largest absolute Gasteiger partial charge is 0.0845 e. The summed E-state index contributed by atoms with van der Waals surface area (Å²) in [5.74, 6) is 1.30. The third-order valence-electron chi connectivity index (χ3n) is 3.62. The van der Waals surface area contributed by atoms with Gasteiger partial charge in [-0.05, 0) is 64.0 Å². The smallest absolute Gasteiger partial charge is 0.00454 e. The van der Waals surface area contributed by atoms with Gasteiger partial charge in [0.05, 0.1) is 0 Å². The van der Waals surface area contributed by atoms with Gasteiger partial charge in [0.1, 0.15) is 0 Å². The van der Waals surface area contributed by atoms with Gasteiger partial charge in [-0.15, -0.1) is 0 Å². The maximum atomic E-state index is 2.30. The summed E-state index contributed by atoms with van der Waals surface area (Å²) in [5.41, 5.74) is 0. The van der Waals surface area contributed by atoms with Crippen LogP contribution in [0.4, 0.5) is 0 Å². The normalized spacial score (nSPS) is 23.3. The Morgan fingerprint density at radius 1 is 0.500 bits per heavy atom. The monoisotopic (exact) mass is 438 g/mol. The quantitative estimate of drug-likeness (QED) is 0.342. The fraction of sp³-hybridized carbons (Fsp3) is 0.667. The molecule has 1 aliphatic heterocycles. The van der Waals surface area contributed by atoms with Crippen LogP contribution in [-0.2, 0) is 0 Å². The highest BCUT2D eigenvalue weighted by molar-refractivity contribution is 9.42. The summed E-state index contributed by atoms with van der Waals surface area (Å²) in [6, 6.07) is 0. The van der Waals surface area contributed by atoms with Crippen molar-refractivity contribution in [3.63, 3.8) is 0 Å². The van der Waals surface area contributed by atoms with Crippen molar-refractivity contribution in [3.8, 4) is 0 Å². The predicted octanol–water partition coefficient (Wildman–Crippen LogP) is 9.89. The molecule has 0 saturated carbocycles. The standard InChI is InChI=1S/C18H30S6/c1-2-4-6-8-10-12-14-16-18-20-22-24-23-21-19-17-15-13-11-9-7-5-3-1/h7,9,11,13,15,17H,1-6,8,10,12,14,16,18H2/b9-7+,13-11?,17-15?. The minimum Gasteiger partial charge on any atom is -0.0845 e. The first-order valence-electron chi connectivity index (χ1n) is 8.93. The van der Waals surface area contributed by atoms with E-state index in [4.69, 9.17) is 0 Å². The van der Waals surface area contributed by atoms with Crippen molar-refractivity contribution >= 4 is 60.9 Å². The third kappa shape index (κ3) is 18.1. The Morgan fingerprint density at radius 2 is 1.12 bits per heavy atom. The molecular formula is C18H30S6. The summed E-state index contributed by atoms with van der Waals surface area (Å²) in [4.78, 5) is 0. The van der Waals surface area contributed by atoms with Crippen LogP contribution in [0.15, 0.2) is 35.8 Å². The number of hydrogen-bond donors (Lipinski definition) is 0. The Labute approximate surface area is 172 Å². The average molecular weight is 439 g/mol. The van der Waals surface area contributed by atoms with E-state index in [9.17, 15) is 0 Å². The summed E-state index contributed by atoms with van der Waals surface area (Å²) < 4.78 is 0. The first-order chi connectivity index (χ1) is 12.0. The molecule has 0 aromatic carbocycles. The average Bonchev–Trinajstić information content (AvgIpc) is 2.59. The molecule has 1 heterocycles. The minimum atomic E-state index is 1.22. The van der Waals surface area contributed by atoms with E-state index >= 15 is 0 Å². The first-order valence-corrected chi connectivity index (χ1v) is 16.6. The van der Waals surface area contributed by atoms with Crippen LogP contribution in [0.25, 0.3) is 0 Å². The summed E-state index contributed by atoms with van der Waals surface area (Å²) >= 11 is 0. The molecule has 0 aromatic heterocycles. The molecule has 0 atom stereocenters. The lowest BCUT2D eigenvalue weighted by Crippen LogP contribution is -1.83. The molecule has 0 radical (unpaired) electrons. The molecule has 0 nitrogen and oxygen atoms in total. The Kier molecular flexibility index (Phi) is 20.1. The van der Waals surface area contributed by atoms with E-state index in [1.54, 1.807) is 10.8 Å². The topological polar surface area (TPSA) is 0 Å². The zero-order valence-corrected chi connectivity index (χ0v) is 19.3. The summed E-state index contributed by atoms with van der Waals surface area (Å²) in [5, 5.41) is 2.15. The van der Waals surface area contributed by atoms with Gasteiger partial charge in [-0.2, -0.15) is 0 Å². The minimum absolute atomic E-state index is 1.22. The van der Waals surface area contributed by atoms with Crippen LogP contribution in [0, 0.1) is 0 Å². The predicted molar refractivity (Wildman–Crippen MR) is 129 cm³/mol. The van der Waals surface area contributed by atoms with Crippen molar-refractivity contribution in [3.05, 3.63) is 35.8 Å².